The second kappa shape index (κ2) is 34.4. The van der Waals surface area contributed by atoms with Crippen molar-refractivity contribution in [2.24, 2.45) is 5.92 Å². The van der Waals surface area contributed by atoms with Gasteiger partial charge in [0.1, 0.15) is 0 Å². The van der Waals surface area contributed by atoms with Crippen LogP contribution in [-0.2, 0) is 28.2 Å². The zero-order valence-electron chi connectivity index (χ0n) is 28.8. The topological polar surface area (TPSA) is 122 Å². The summed E-state index contributed by atoms with van der Waals surface area (Å²) >= 11 is 0. The fraction of sp³-hybridized carbons (Fsp3) is 0.941. The molecule has 0 aliphatic rings. The van der Waals surface area contributed by atoms with Crippen molar-refractivity contribution < 1.29 is 67.5 Å². The molecule has 0 saturated heterocycles. The Balaban J connectivity index is 0. The molecule has 0 fully saturated rings. The fourth-order valence-corrected chi connectivity index (χ4v) is 5.53. The Bertz CT molecular complexity index is 688. The third-order valence-electron chi connectivity index (χ3n) is 7.90. The van der Waals surface area contributed by atoms with Crippen molar-refractivity contribution in [1.82, 2.24) is 0 Å². The largest absolute Gasteiger partial charge is 1.00 e. The van der Waals surface area contributed by atoms with E-state index in [2.05, 4.69) is 18.4 Å². The molecule has 2 unspecified atom stereocenters. The number of carbonyl (C=O) groups excluding carboxylic acids is 2. The van der Waals surface area contributed by atoms with Crippen LogP contribution in [0.2, 0.25) is 0 Å². The van der Waals surface area contributed by atoms with Crippen LogP contribution in [0.15, 0.2) is 0 Å². The molecule has 0 aliphatic heterocycles. The molecule has 0 spiro atoms. The van der Waals surface area contributed by atoms with Gasteiger partial charge in [0.25, 0.3) is 7.82 Å². The van der Waals surface area contributed by atoms with Gasteiger partial charge in [0, 0.05) is 12.8 Å². The van der Waals surface area contributed by atoms with Crippen LogP contribution in [0.5, 0.6) is 0 Å². The summed E-state index contributed by atoms with van der Waals surface area (Å²) in [4.78, 5) is 44.3. The van der Waals surface area contributed by atoms with Crippen LogP contribution >= 0.6 is 7.82 Å². The predicted molar refractivity (Wildman–Crippen MR) is 173 cm³/mol. The Labute approximate surface area is 292 Å². The van der Waals surface area contributed by atoms with Crippen LogP contribution < -0.4 is 34.5 Å². The number of hydrogen-bond donors (Lipinski definition) is 1. The molecule has 0 saturated carbocycles. The van der Waals surface area contributed by atoms with E-state index in [9.17, 15) is 19.0 Å². The summed E-state index contributed by atoms with van der Waals surface area (Å²) in [5.74, 6) is -1.41. The summed E-state index contributed by atoms with van der Waals surface area (Å²) in [5.41, 5.74) is 0. The quantitative estimate of drug-likeness (QED) is 0.0375. The average molecular weight is 657 g/mol. The van der Waals surface area contributed by atoms with Crippen LogP contribution in [0.25, 0.3) is 0 Å². The molecule has 256 valence electrons. The van der Waals surface area contributed by atoms with E-state index in [1.54, 1.807) is 0 Å². The van der Waals surface area contributed by atoms with Crippen LogP contribution in [0.4, 0.5) is 0 Å². The maximum atomic E-state index is 12.2. The second-order valence-corrected chi connectivity index (χ2v) is 13.5. The molecule has 0 amide bonds. The zero-order chi connectivity index (χ0) is 31.9. The van der Waals surface area contributed by atoms with E-state index in [0.29, 0.717) is 12.8 Å². The maximum absolute atomic E-state index is 12.2. The fourth-order valence-electron chi connectivity index (χ4n) is 5.13. The van der Waals surface area contributed by atoms with Gasteiger partial charge in [-0.2, -0.15) is 0 Å². The summed E-state index contributed by atoms with van der Waals surface area (Å²) in [5, 5.41) is 0. The molecule has 0 aliphatic carbocycles. The standard InChI is InChI=1S/C34H67O8P.Na/c1-3-5-7-9-11-13-15-16-18-20-22-24-26-28-34(36)41-30-32(31-42-43(37,38)39)29-40-33(35)27-25-23-21-19-17-14-12-10-8-6-4-2;/h32H,3-31H2,1-2H3,(H2,37,38,39);/q;+1/p-1. The molecule has 0 bridgehead atoms. The maximum Gasteiger partial charge on any atom is 1.00 e. The summed E-state index contributed by atoms with van der Waals surface area (Å²) in [6.07, 6.45) is 29.6. The van der Waals surface area contributed by atoms with E-state index in [0.717, 1.165) is 38.5 Å². The Hall–Kier alpha value is 0.0500. The van der Waals surface area contributed by atoms with Crippen LogP contribution in [0.1, 0.15) is 181 Å². The number of ether oxygens (including phenoxy) is 2. The summed E-state index contributed by atoms with van der Waals surface area (Å²) < 4.78 is 26.1. The molecule has 1 N–H and O–H groups in total. The molecule has 2 atom stereocenters. The number of esters is 2. The Kier molecular flexibility index (Phi) is 36.1. The monoisotopic (exact) mass is 656 g/mol. The number of phosphoric ester groups is 1. The Morgan fingerprint density at radius 3 is 1.09 bits per heavy atom. The Morgan fingerprint density at radius 2 is 0.818 bits per heavy atom. The van der Waals surface area contributed by atoms with Crippen molar-refractivity contribution in [2.45, 2.75) is 181 Å². The first-order valence-corrected chi connectivity index (χ1v) is 19.3. The summed E-state index contributed by atoms with van der Waals surface area (Å²) in [6, 6.07) is 0. The number of unbranched alkanes of at least 4 members (excludes halogenated alkanes) is 22. The average Bonchev–Trinajstić information content (AvgIpc) is 2.97. The molecule has 0 aromatic heterocycles. The van der Waals surface area contributed by atoms with Crippen LogP contribution in [-0.4, -0.2) is 36.7 Å². The molecule has 8 nitrogen and oxygen atoms in total. The number of rotatable bonds is 33. The van der Waals surface area contributed by atoms with E-state index >= 15 is 0 Å². The van der Waals surface area contributed by atoms with Crippen molar-refractivity contribution in [3.05, 3.63) is 0 Å². The van der Waals surface area contributed by atoms with Crippen molar-refractivity contribution in [3.63, 3.8) is 0 Å². The molecular weight excluding hydrogens is 590 g/mol. The molecule has 0 radical (unpaired) electrons. The first kappa shape index (κ1) is 46.2. The number of hydrogen-bond acceptors (Lipinski definition) is 7. The minimum absolute atomic E-state index is 0. The van der Waals surface area contributed by atoms with Crippen LogP contribution in [0.3, 0.4) is 0 Å². The van der Waals surface area contributed by atoms with Gasteiger partial charge in [0.05, 0.1) is 25.7 Å². The third-order valence-corrected chi connectivity index (χ3v) is 8.38. The van der Waals surface area contributed by atoms with Gasteiger partial charge < -0.3 is 23.8 Å². The van der Waals surface area contributed by atoms with E-state index in [1.165, 1.54) is 116 Å². The molecule has 10 heteroatoms. The van der Waals surface area contributed by atoms with Crippen molar-refractivity contribution in [1.29, 1.82) is 0 Å². The van der Waals surface area contributed by atoms with Gasteiger partial charge >= 0.3 is 41.5 Å². The second-order valence-electron chi connectivity index (χ2n) is 12.3. The predicted octanol–water partition coefficient (Wildman–Crippen LogP) is 6.35. The van der Waals surface area contributed by atoms with Gasteiger partial charge in [-0.05, 0) is 12.8 Å². The zero-order valence-corrected chi connectivity index (χ0v) is 31.7. The van der Waals surface area contributed by atoms with Crippen molar-refractivity contribution in [3.8, 4) is 0 Å². The first-order chi connectivity index (χ1) is 20.8. The third kappa shape index (κ3) is 36.5. The molecule has 0 aromatic rings. The van der Waals surface area contributed by atoms with Gasteiger partial charge in [-0.1, -0.05) is 155 Å². The molecule has 0 aromatic carbocycles. The molecular formula is C34H66NaO8P. The van der Waals surface area contributed by atoms with Crippen LogP contribution in [0, 0.1) is 5.92 Å². The van der Waals surface area contributed by atoms with E-state index in [4.69, 9.17) is 14.4 Å². The van der Waals surface area contributed by atoms with Gasteiger partial charge in [-0.25, -0.2) is 0 Å². The summed E-state index contributed by atoms with van der Waals surface area (Å²) in [6.45, 7) is 3.78. The molecule has 44 heavy (non-hydrogen) atoms. The SMILES string of the molecule is CCCCCCCCCCCCCCCC(=O)OCC(COC(=O)CCCCCCCCCCCCC)COP(=O)([O-])O.[Na+]. The van der Waals surface area contributed by atoms with E-state index in [-0.39, 0.29) is 54.7 Å². The van der Waals surface area contributed by atoms with Crippen molar-refractivity contribution in [2.75, 3.05) is 19.8 Å². The van der Waals surface area contributed by atoms with E-state index in [1.807, 2.05) is 0 Å². The first-order valence-electron chi connectivity index (χ1n) is 17.8. The van der Waals surface area contributed by atoms with E-state index < -0.39 is 20.3 Å². The van der Waals surface area contributed by atoms with Gasteiger partial charge in [0.15, 0.2) is 0 Å². The molecule has 0 heterocycles. The summed E-state index contributed by atoms with van der Waals surface area (Å²) in [7, 11) is -4.93. The number of carbonyl (C=O) groups is 2. The number of phosphoric acid groups is 1. The smallest absolute Gasteiger partial charge is 0.756 e. The Morgan fingerprint density at radius 1 is 0.545 bits per heavy atom. The minimum atomic E-state index is -4.93. The van der Waals surface area contributed by atoms with Gasteiger partial charge in [0.2, 0.25) is 0 Å². The molecule has 0 rings (SSSR count). The van der Waals surface area contributed by atoms with Gasteiger partial charge in [-0.15, -0.1) is 0 Å². The van der Waals surface area contributed by atoms with Gasteiger partial charge in [-0.3, -0.25) is 14.2 Å². The van der Waals surface area contributed by atoms with Crippen molar-refractivity contribution >= 4 is 19.8 Å². The minimum Gasteiger partial charge on any atom is -0.756 e. The normalized spacial score (nSPS) is 13.2.